The van der Waals surface area contributed by atoms with Crippen LogP contribution in [0, 0.1) is 0 Å². The molecule has 0 aliphatic rings. The molecule has 108 valence electrons. The Morgan fingerprint density at radius 3 is 2.58 bits per heavy atom. The van der Waals surface area contributed by atoms with Crippen molar-refractivity contribution in [3.8, 4) is 0 Å². The van der Waals surface area contributed by atoms with E-state index >= 15 is 0 Å². The van der Waals surface area contributed by atoms with E-state index in [1.807, 2.05) is 13.8 Å². The average molecular weight is 287 g/mol. The molecular formula is C13H23ClN4O. The van der Waals surface area contributed by atoms with Crippen LogP contribution >= 0.6 is 11.6 Å². The second-order valence-electron chi connectivity index (χ2n) is 4.67. The van der Waals surface area contributed by atoms with Gasteiger partial charge < -0.3 is 10.2 Å². The summed E-state index contributed by atoms with van der Waals surface area (Å²) < 4.78 is 1.39. The number of nitrogens with zero attached hydrogens (tertiary/aromatic N) is 3. The van der Waals surface area contributed by atoms with Crippen molar-refractivity contribution in [3.63, 3.8) is 0 Å². The molecule has 0 radical (unpaired) electrons. The Balaban J connectivity index is 2.70. The van der Waals surface area contributed by atoms with Crippen molar-refractivity contribution in [3.05, 3.63) is 21.6 Å². The van der Waals surface area contributed by atoms with Crippen LogP contribution in [0.4, 0.5) is 5.69 Å². The fourth-order valence-electron chi connectivity index (χ4n) is 1.82. The summed E-state index contributed by atoms with van der Waals surface area (Å²) in [6, 6.07) is 0.00900. The number of hydrogen-bond donors (Lipinski definition) is 1. The zero-order valence-electron chi connectivity index (χ0n) is 12.1. The summed E-state index contributed by atoms with van der Waals surface area (Å²) in [5.41, 5.74) is 0.361. The van der Waals surface area contributed by atoms with E-state index in [0.717, 1.165) is 26.2 Å². The Bertz CT molecular complexity index is 454. The monoisotopic (exact) mass is 286 g/mol. The van der Waals surface area contributed by atoms with Crippen LogP contribution in [0.25, 0.3) is 0 Å². The van der Waals surface area contributed by atoms with Gasteiger partial charge in [0.25, 0.3) is 5.56 Å². The maximum Gasteiger partial charge on any atom is 0.287 e. The van der Waals surface area contributed by atoms with E-state index in [-0.39, 0.29) is 16.6 Å². The van der Waals surface area contributed by atoms with Gasteiger partial charge in [0, 0.05) is 13.1 Å². The molecule has 0 amide bonds. The van der Waals surface area contributed by atoms with Gasteiger partial charge in [-0.05, 0) is 26.9 Å². The van der Waals surface area contributed by atoms with Crippen LogP contribution in [0.5, 0.6) is 0 Å². The zero-order valence-corrected chi connectivity index (χ0v) is 12.9. The molecule has 6 heteroatoms. The first-order valence-electron chi connectivity index (χ1n) is 6.74. The maximum absolute atomic E-state index is 12.0. The van der Waals surface area contributed by atoms with Gasteiger partial charge in [0.05, 0.1) is 17.9 Å². The number of nitrogens with one attached hydrogen (secondary N) is 1. The average Bonchev–Trinajstić information content (AvgIpc) is 2.39. The number of rotatable bonds is 7. The van der Waals surface area contributed by atoms with E-state index < -0.39 is 0 Å². The molecule has 0 fully saturated rings. The Labute approximate surface area is 119 Å². The molecule has 1 heterocycles. The van der Waals surface area contributed by atoms with Crippen molar-refractivity contribution < 1.29 is 0 Å². The van der Waals surface area contributed by atoms with Gasteiger partial charge in [-0.3, -0.25) is 4.79 Å². The Kier molecular flexibility index (Phi) is 6.31. The van der Waals surface area contributed by atoms with Crippen LogP contribution in [0.2, 0.25) is 5.02 Å². The standard InChI is InChI=1S/C13H23ClN4O/c1-5-17(6-2)8-7-15-11-9-16-18(10(3)4)13(19)12(11)14/h9-10,15H,5-8H2,1-4H3. The SMILES string of the molecule is CCN(CC)CCNc1cnn(C(C)C)c(=O)c1Cl. The molecule has 0 unspecified atom stereocenters. The molecule has 0 aliphatic heterocycles. The molecule has 1 aromatic rings. The molecule has 0 saturated carbocycles. The van der Waals surface area contributed by atoms with Crippen LogP contribution in [0.3, 0.4) is 0 Å². The van der Waals surface area contributed by atoms with Crippen LogP contribution in [-0.2, 0) is 0 Å². The van der Waals surface area contributed by atoms with Gasteiger partial charge in [-0.15, -0.1) is 0 Å². The van der Waals surface area contributed by atoms with Crippen molar-refractivity contribution in [1.82, 2.24) is 14.7 Å². The molecule has 0 atom stereocenters. The van der Waals surface area contributed by atoms with Crippen molar-refractivity contribution in [2.75, 3.05) is 31.5 Å². The third kappa shape index (κ3) is 4.21. The maximum atomic E-state index is 12.0. The highest BCUT2D eigenvalue weighted by Crippen LogP contribution is 2.15. The molecule has 0 aliphatic carbocycles. The second-order valence-corrected chi connectivity index (χ2v) is 5.05. The molecule has 0 spiro atoms. The number of halogens is 1. The highest BCUT2D eigenvalue weighted by atomic mass is 35.5. The third-order valence-electron chi connectivity index (χ3n) is 3.07. The van der Waals surface area contributed by atoms with Gasteiger partial charge in [0.15, 0.2) is 0 Å². The summed E-state index contributed by atoms with van der Waals surface area (Å²) in [5, 5.41) is 7.50. The van der Waals surface area contributed by atoms with Crippen molar-refractivity contribution in [2.45, 2.75) is 33.7 Å². The fourth-order valence-corrected chi connectivity index (χ4v) is 2.03. The number of anilines is 1. The summed E-state index contributed by atoms with van der Waals surface area (Å²) in [5.74, 6) is 0. The topological polar surface area (TPSA) is 50.2 Å². The highest BCUT2D eigenvalue weighted by molar-refractivity contribution is 6.32. The van der Waals surface area contributed by atoms with E-state index in [9.17, 15) is 4.79 Å². The zero-order chi connectivity index (χ0) is 14.4. The summed E-state index contributed by atoms with van der Waals surface area (Å²) in [6.45, 7) is 11.7. The highest BCUT2D eigenvalue weighted by Gasteiger charge is 2.11. The third-order valence-corrected chi connectivity index (χ3v) is 3.44. The lowest BCUT2D eigenvalue weighted by atomic mass is 10.4. The van der Waals surface area contributed by atoms with Gasteiger partial charge in [0.2, 0.25) is 0 Å². The Morgan fingerprint density at radius 1 is 1.42 bits per heavy atom. The first-order chi connectivity index (χ1) is 9.01. The molecule has 1 N–H and O–H groups in total. The van der Waals surface area contributed by atoms with Gasteiger partial charge >= 0.3 is 0 Å². The minimum atomic E-state index is -0.246. The van der Waals surface area contributed by atoms with E-state index in [4.69, 9.17) is 11.6 Å². The van der Waals surface area contributed by atoms with Crippen molar-refractivity contribution in [2.24, 2.45) is 0 Å². The minimum Gasteiger partial charge on any atom is -0.381 e. The quantitative estimate of drug-likeness (QED) is 0.835. The van der Waals surface area contributed by atoms with Crippen LogP contribution in [0.15, 0.2) is 11.0 Å². The van der Waals surface area contributed by atoms with Crippen LogP contribution in [0.1, 0.15) is 33.7 Å². The van der Waals surface area contributed by atoms with Gasteiger partial charge in [-0.25, -0.2) is 4.68 Å². The fraction of sp³-hybridized carbons (Fsp3) is 0.692. The van der Waals surface area contributed by atoms with E-state index in [0.29, 0.717) is 5.69 Å². The number of likely N-dealkylation sites (N-methyl/N-ethyl adjacent to an activating group) is 1. The normalized spacial score (nSPS) is 11.3. The lowest BCUT2D eigenvalue weighted by molar-refractivity contribution is 0.316. The minimum absolute atomic E-state index is 0.00900. The lowest BCUT2D eigenvalue weighted by Gasteiger charge is -2.19. The van der Waals surface area contributed by atoms with E-state index in [1.54, 1.807) is 6.20 Å². The summed E-state index contributed by atoms with van der Waals surface area (Å²) >= 11 is 6.08. The molecular weight excluding hydrogens is 264 g/mol. The Hall–Kier alpha value is -1.07. The van der Waals surface area contributed by atoms with Crippen molar-refractivity contribution >= 4 is 17.3 Å². The summed E-state index contributed by atoms with van der Waals surface area (Å²) in [7, 11) is 0. The molecule has 0 aromatic carbocycles. The molecule has 1 aromatic heterocycles. The van der Waals surface area contributed by atoms with Gasteiger partial charge in [0.1, 0.15) is 5.02 Å². The van der Waals surface area contributed by atoms with E-state index in [2.05, 4.69) is 29.2 Å². The molecule has 0 bridgehead atoms. The first kappa shape index (κ1) is 16.0. The van der Waals surface area contributed by atoms with E-state index in [1.165, 1.54) is 4.68 Å². The summed E-state index contributed by atoms with van der Waals surface area (Å²) in [4.78, 5) is 14.3. The largest absolute Gasteiger partial charge is 0.381 e. The smallest absolute Gasteiger partial charge is 0.287 e. The summed E-state index contributed by atoms with van der Waals surface area (Å²) in [6.07, 6.45) is 1.62. The van der Waals surface area contributed by atoms with Crippen molar-refractivity contribution in [1.29, 1.82) is 0 Å². The van der Waals surface area contributed by atoms with Crippen LogP contribution < -0.4 is 10.9 Å². The predicted octanol–water partition coefficient (Wildman–Crippen LogP) is 2.23. The lowest BCUT2D eigenvalue weighted by Crippen LogP contribution is -2.30. The molecule has 1 rings (SSSR count). The number of hydrogen-bond acceptors (Lipinski definition) is 4. The van der Waals surface area contributed by atoms with Gasteiger partial charge in [-0.1, -0.05) is 25.4 Å². The van der Waals surface area contributed by atoms with Crippen LogP contribution in [-0.4, -0.2) is 40.9 Å². The first-order valence-corrected chi connectivity index (χ1v) is 7.12. The molecule has 5 nitrogen and oxygen atoms in total. The second kappa shape index (κ2) is 7.50. The molecule has 19 heavy (non-hydrogen) atoms. The Morgan fingerprint density at radius 2 is 2.05 bits per heavy atom. The predicted molar refractivity (Wildman–Crippen MR) is 80.2 cm³/mol. The number of aromatic nitrogens is 2. The molecule has 0 saturated heterocycles. The van der Waals surface area contributed by atoms with Gasteiger partial charge in [-0.2, -0.15) is 5.10 Å².